The number of aryl methyl sites for hydroxylation is 1. The third kappa shape index (κ3) is 3.29. The van der Waals surface area contributed by atoms with Crippen LogP contribution >= 0.6 is 0 Å². The highest BCUT2D eigenvalue weighted by Crippen LogP contribution is 2.22. The van der Waals surface area contributed by atoms with Crippen LogP contribution in [0.5, 0.6) is 0 Å². The minimum absolute atomic E-state index is 0.0359. The van der Waals surface area contributed by atoms with Gasteiger partial charge in [0.15, 0.2) is 0 Å². The van der Waals surface area contributed by atoms with Crippen molar-refractivity contribution in [2.45, 2.75) is 19.3 Å². The first-order valence-corrected chi connectivity index (χ1v) is 8.06. The fourth-order valence-electron chi connectivity index (χ4n) is 3.21. The minimum atomic E-state index is -0.680. The Morgan fingerprint density at radius 1 is 1.33 bits per heavy atom. The van der Waals surface area contributed by atoms with Gasteiger partial charge < -0.3 is 15.2 Å². The molecule has 1 atom stereocenters. The van der Waals surface area contributed by atoms with Gasteiger partial charge in [-0.1, -0.05) is 0 Å². The summed E-state index contributed by atoms with van der Waals surface area (Å²) in [5.41, 5.74) is 5.65. The molecule has 24 heavy (non-hydrogen) atoms. The first kappa shape index (κ1) is 16.2. The Labute approximate surface area is 140 Å². The number of hydrogen-bond acceptors (Lipinski definition) is 4. The second kappa shape index (κ2) is 6.82. The third-order valence-electron chi connectivity index (χ3n) is 4.47. The highest BCUT2D eigenvalue weighted by molar-refractivity contribution is 6.05. The zero-order chi connectivity index (χ0) is 17.1. The number of hydrogen-bond donors (Lipinski definition) is 1. The van der Waals surface area contributed by atoms with Crippen molar-refractivity contribution >= 4 is 11.8 Å². The van der Waals surface area contributed by atoms with Crippen LogP contribution in [0.15, 0.2) is 30.7 Å². The van der Waals surface area contributed by atoms with Gasteiger partial charge in [-0.15, -0.1) is 0 Å². The van der Waals surface area contributed by atoms with E-state index in [4.69, 9.17) is 5.73 Å². The number of carbonyl (C=O) groups is 2. The number of nitrogens with two attached hydrogens (primary N) is 1. The number of imidazole rings is 1. The fraction of sp³-hybridized carbons (Fsp3) is 0.412. The van der Waals surface area contributed by atoms with Gasteiger partial charge in [0, 0.05) is 45.1 Å². The summed E-state index contributed by atoms with van der Waals surface area (Å²) in [5, 5.41) is 0. The Morgan fingerprint density at radius 3 is 2.88 bits per heavy atom. The van der Waals surface area contributed by atoms with Crippen molar-refractivity contribution in [3.8, 4) is 0 Å². The van der Waals surface area contributed by atoms with Crippen LogP contribution in [0.3, 0.4) is 0 Å². The minimum Gasteiger partial charge on any atom is -0.364 e. The zero-order valence-corrected chi connectivity index (χ0v) is 13.7. The first-order chi connectivity index (χ1) is 11.6. The van der Waals surface area contributed by atoms with E-state index in [0.29, 0.717) is 19.0 Å². The van der Waals surface area contributed by atoms with E-state index >= 15 is 0 Å². The molecule has 1 aliphatic rings. The summed E-state index contributed by atoms with van der Waals surface area (Å²) in [6, 6.07) is 3.26. The van der Waals surface area contributed by atoms with Crippen molar-refractivity contribution in [3.63, 3.8) is 0 Å². The number of amides is 2. The van der Waals surface area contributed by atoms with Crippen LogP contribution in [-0.4, -0.2) is 44.3 Å². The lowest BCUT2D eigenvalue weighted by Gasteiger charge is -2.33. The predicted octanol–water partition coefficient (Wildman–Crippen LogP) is 1.01. The molecular weight excluding hydrogens is 306 g/mol. The van der Waals surface area contributed by atoms with Crippen LogP contribution in [0.25, 0.3) is 0 Å². The van der Waals surface area contributed by atoms with Crippen molar-refractivity contribution in [1.82, 2.24) is 19.4 Å². The molecule has 1 fully saturated rings. The first-order valence-electron chi connectivity index (χ1n) is 8.06. The van der Waals surface area contributed by atoms with Crippen molar-refractivity contribution in [2.75, 3.05) is 13.1 Å². The Kier molecular flexibility index (Phi) is 4.59. The molecule has 7 heteroatoms. The lowest BCUT2D eigenvalue weighted by atomic mass is 9.94. The van der Waals surface area contributed by atoms with E-state index in [-0.39, 0.29) is 17.2 Å². The highest BCUT2D eigenvalue weighted by atomic mass is 16.2. The summed E-state index contributed by atoms with van der Waals surface area (Å²) in [7, 11) is 1.98. The molecule has 3 rings (SSSR count). The van der Waals surface area contributed by atoms with Gasteiger partial charge in [0.05, 0.1) is 5.56 Å². The van der Waals surface area contributed by atoms with Crippen LogP contribution in [0.1, 0.15) is 39.5 Å². The van der Waals surface area contributed by atoms with Crippen molar-refractivity contribution in [1.29, 1.82) is 0 Å². The van der Waals surface area contributed by atoms with E-state index in [0.717, 1.165) is 25.1 Å². The summed E-state index contributed by atoms with van der Waals surface area (Å²) in [4.78, 5) is 34.4. The number of aromatic nitrogens is 3. The lowest BCUT2D eigenvalue weighted by Crippen LogP contribution is -2.41. The number of primary amides is 1. The fourth-order valence-corrected chi connectivity index (χ4v) is 3.21. The van der Waals surface area contributed by atoms with Gasteiger partial charge >= 0.3 is 0 Å². The molecule has 0 saturated carbocycles. The summed E-state index contributed by atoms with van der Waals surface area (Å²) in [6.07, 6.45) is 8.02. The van der Waals surface area contributed by atoms with Gasteiger partial charge in [0.25, 0.3) is 11.8 Å². The Bertz CT molecular complexity index is 755. The topological polar surface area (TPSA) is 94.1 Å². The number of pyridine rings is 1. The zero-order valence-electron chi connectivity index (χ0n) is 13.7. The Morgan fingerprint density at radius 2 is 2.17 bits per heavy atom. The molecule has 2 aromatic heterocycles. The molecule has 0 aromatic carbocycles. The van der Waals surface area contributed by atoms with Crippen LogP contribution in [0.2, 0.25) is 0 Å². The van der Waals surface area contributed by atoms with Gasteiger partial charge in [0.2, 0.25) is 0 Å². The molecule has 2 N–H and O–H groups in total. The molecule has 3 heterocycles. The molecule has 1 saturated heterocycles. The highest BCUT2D eigenvalue weighted by Gasteiger charge is 2.27. The average Bonchev–Trinajstić information content (AvgIpc) is 2.99. The maximum Gasteiger partial charge on any atom is 0.268 e. The standard InChI is InChI=1S/C17H21N5O2/c1-21-9-7-19-14(21)10-12-4-3-8-22(11-12)17(24)13-5-2-6-20-15(13)16(18)23/h2,5-7,9,12H,3-4,8,10-11H2,1H3,(H2,18,23). The molecule has 126 valence electrons. The number of rotatable bonds is 4. The Balaban J connectivity index is 1.74. The van der Waals surface area contributed by atoms with Gasteiger partial charge in [0.1, 0.15) is 11.5 Å². The summed E-state index contributed by atoms with van der Waals surface area (Å²) < 4.78 is 2.01. The van der Waals surface area contributed by atoms with Gasteiger partial charge in [-0.3, -0.25) is 14.6 Å². The van der Waals surface area contributed by atoms with E-state index in [1.807, 2.05) is 17.8 Å². The van der Waals surface area contributed by atoms with Crippen LogP contribution in [-0.2, 0) is 13.5 Å². The molecule has 2 aromatic rings. The Hall–Kier alpha value is -2.70. The monoisotopic (exact) mass is 327 g/mol. The largest absolute Gasteiger partial charge is 0.364 e. The maximum atomic E-state index is 12.8. The van der Waals surface area contributed by atoms with Crippen molar-refractivity contribution in [3.05, 3.63) is 47.8 Å². The number of likely N-dealkylation sites (tertiary alicyclic amines) is 1. The van der Waals surface area contributed by atoms with E-state index in [1.54, 1.807) is 23.2 Å². The third-order valence-corrected chi connectivity index (χ3v) is 4.47. The van der Waals surface area contributed by atoms with Gasteiger partial charge in [-0.25, -0.2) is 4.98 Å². The molecule has 2 amide bonds. The SMILES string of the molecule is Cn1ccnc1CC1CCCN(C(=O)c2cccnc2C(N)=O)C1. The number of carbonyl (C=O) groups excluding carboxylic acids is 2. The molecule has 0 spiro atoms. The van der Waals surface area contributed by atoms with E-state index in [9.17, 15) is 9.59 Å². The van der Waals surface area contributed by atoms with Crippen LogP contribution < -0.4 is 5.73 Å². The second-order valence-corrected chi connectivity index (χ2v) is 6.18. The van der Waals surface area contributed by atoms with E-state index < -0.39 is 5.91 Å². The van der Waals surface area contributed by atoms with E-state index in [1.165, 1.54) is 6.20 Å². The van der Waals surface area contributed by atoms with Crippen LogP contribution in [0, 0.1) is 5.92 Å². The molecule has 0 bridgehead atoms. The van der Waals surface area contributed by atoms with Gasteiger partial charge in [-0.2, -0.15) is 0 Å². The summed E-state index contributed by atoms with van der Waals surface area (Å²) in [5.74, 6) is 0.521. The van der Waals surface area contributed by atoms with E-state index in [2.05, 4.69) is 9.97 Å². The lowest BCUT2D eigenvalue weighted by molar-refractivity contribution is 0.0667. The quantitative estimate of drug-likeness (QED) is 0.907. The normalized spacial score (nSPS) is 17.7. The molecule has 0 radical (unpaired) electrons. The second-order valence-electron chi connectivity index (χ2n) is 6.18. The summed E-state index contributed by atoms with van der Waals surface area (Å²) >= 11 is 0. The average molecular weight is 327 g/mol. The predicted molar refractivity (Wildman–Crippen MR) is 88.3 cm³/mol. The maximum absolute atomic E-state index is 12.8. The molecular formula is C17H21N5O2. The van der Waals surface area contributed by atoms with Crippen molar-refractivity contribution < 1.29 is 9.59 Å². The summed E-state index contributed by atoms with van der Waals surface area (Å²) in [6.45, 7) is 1.34. The number of piperidine rings is 1. The number of nitrogens with zero attached hydrogens (tertiary/aromatic N) is 4. The smallest absolute Gasteiger partial charge is 0.268 e. The molecule has 7 nitrogen and oxygen atoms in total. The molecule has 1 unspecified atom stereocenters. The molecule has 0 aliphatic carbocycles. The van der Waals surface area contributed by atoms with Crippen molar-refractivity contribution in [2.24, 2.45) is 18.7 Å². The van der Waals surface area contributed by atoms with Crippen LogP contribution in [0.4, 0.5) is 0 Å². The van der Waals surface area contributed by atoms with Gasteiger partial charge in [-0.05, 0) is 30.9 Å². The molecule has 1 aliphatic heterocycles.